The zero-order valence-corrected chi connectivity index (χ0v) is 14.3. The van der Waals surface area contributed by atoms with Gasteiger partial charge in [-0.3, -0.25) is 4.90 Å². The Balaban J connectivity index is 1.49. The first-order valence-electron chi connectivity index (χ1n) is 8.08. The Morgan fingerprint density at radius 1 is 1.29 bits per heavy atom. The molecule has 1 saturated heterocycles. The largest absolute Gasteiger partial charge is 0.497 e. The first-order valence-corrected chi connectivity index (χ1v) is 8.96. The van der Waals surface area contributed by atoms with Gasteiger partial charge < -0.3 is 9.26 Å². The van der Waals surface area contributed by atoms with E-state index < -0.39 is 0 Å². The molecule has 5 nitrogen and oxygen atoms in total. The molecule has 1 aliphatic heterocycles. The van der Waals surface area contributed by atoms with E-state index >= 15 is 0 Å². The fraction of sp³-hybridized carbons (Fsp3) is 0.333. The molecule has 2 aromatic heterocycles. The Kier molecular flexibility index (Phi) is 4.32. The third-order valence-corrected chi connectivity index (χ3v) is 5.28. The Morgan fingerprint density at radius 3 is 2.92 bits per heavy atom. The predicted molar refractivity (Wildman–Crippen MR) is 93.0 cm³/mol. The van der Waals surface area contributed by atoms with Crippen molar-refractivity contribution >= 4 is 11.3 Å². The van der Waals surface area contributed by atoms with Crippen LogP contribution in [0.2, 0.25) is 0 Å². The van der Waals surface area contributed by atoms with Gasteiger partial charge in [0.2, 0.25) is 11.7 Å². The molecular weight excluding hydrogens is 322 g/mol. The summed E-state index contributed by atoms with van der Waals surface area (Å²) < 4.78 is 10.7. The number of likely N-dealkylation sites (tertiary alicyclic amines) is 1. The molecule has 0 spiro atoms. The third kappa shape index (κ3) is 3.07. The van der Waals surface area contributed by atoms with Crippen LogP contribution >= 0.6 is 11.3 Å². The first-order chi connectivity index (χ1) is 11.8. The van der Waals surface area contributed by atoms with Gasteiger partial charge in [0.1, 0.15) is 5.75 Å². The van der Waals surface area contributed by atoms with E-state index in [1.54, 1.807) is 18.4 Å². The lowest BCUT2D eigenvalue weighted by molar-refractivity contribution is 0.212. The van der Waals surface area contributed by atoms with Gasteiger partial charge in [-0.2, -0.15) is 4.98 Å². The molecule has 124 valence electrons. The third-order valence-electron chi connectivity index (χ3n) is 4.41. The summed E-state index contributed by atoms with van der Waals surface area (Å²) in [5.41, 5.74) is 1.31. The zero-order chi connectivity index (χ0) is 16.4. The van der Waals surface area contributed by atoms with Crippen LogP contribution in [0.5, 0.6) is 5.75 Å². The van der Waals surface area contributed by atoms with Gasteiger partial charge in [0, 0.05) is 6.04 Å². The molecule has 0 bridgehead atoms. The number of nitrogens with zero attached hydrogens (tertiary/aromatic N) is 3. The van der Waals surface area contributed by atoms with E-state index in [0.717, 1.165) is 23.6 Å². The van der Waals surface area contributed by atoms with Gasteiger partial charge in [0.15, 0.2) is 0 Å². The summed E-state index contributed by atoms with van der Waals surface area (Å²) in [4.78, 5) is 7.99. The summed E-state index contributed by atoms with van der Waals surface area (Å²) in [5, 5.41) is 6.12. The van der Waals surface area contributed by atoms with Crippen molar-refractivity contribution in [3.05, 3.63) is 53.2 Å². The predicted octanol–water partition coefficient (Wildman–Crippen LogP) is 4.14. The smallest absolute Gasteiger partial charge is 0.241 e. The minimum atomic E-state index is 0.396. The molecule has 24 heavy (non-hydrogen) atoms. The number of hydrogen-bond donors (Lipinski definition) is 0. The van der Waals surface area contributed by atoms with Crippen molar-refractivity contribution in [2.75, 3.05) is 13.7 Å². The van der Waals surface area contributed by atoms with E-state index in [0.29, 0.717) is 24.3 Å². The van der Waals surface area contributed by atoms with Gasteiger partial charge in [-0.1, -0.05) is 23.4 Å². The van der Waals surface area contributed by atoms with E-state index in [1.165, 1.54) is 12.0 Å². The van der Waals surface area contributed by atoms with Crippen molar-refractivity contribution in [1.82, 2.24) is 15.0 Å². The van der Waals surface area contributed by atoms with Crippen LogP contribution in [0, 0.1) is 0 Å². The van der Waals surface area contributed by atoms with Crippen molar-refractivity contribution < 1.29 is 9.26 Å². The van der Waals surface area contributed by atoms with Crippen LogP contribution in [-0.4, -0.2) is 28.7 Å². The lowest BCUT2D eigenvalue weighted by Gasteiger charge is -2.23. The molecule has 0 radical (unpaired) electrons. The van der Waals surface area contributed by atoms with Gasteiger partial charge in [-0.05, 0) is 48.5 Å². The minimum absolute atomic E-state index is 0.396. The van der Waals surface area contributed by atoms with E-state index in [-0.39, 0.29) is 0 Å². The second-order valence-corrected chi connectivity index (χ2v) is 6.84. The van der Waals surface area contributed by atoms with Crippen LogP contribution in [0.3, 0.4) is 0 Å². The van der Waals surface area contributed by atoms with Crippen LogP contribution in [0.15, 0.2) is 46.3 Å². The quantitative estimate of drug-likeness (QED) is 0.698. The zero-order valence-electron chi connectivity index (χ0n) is 13.5. The van der Waals surface area contributed by atoms with Crippen molar-refractivity contribution in [2.24, 2.45) is 0 Å². The van der Waals surface area contributed by atoms with Crippen molar-refractivity contribution in [1.29, 1.82) is 0 Å². The summed E-state index contributed by atoms with van der Waals surface area (Å²) in [6.45, 7) is 1.74. The van der Waals surface area contributed by atoms with E-state index in [1.807, 2.05) is 29.6 Å². The summed E-state index contributed by atoms with van der Waals surface area (Å²) in [5.74, 6) is 2.25. The van der Waals surface area contributed by atoms with Gasteiger partial charge in [0.25, 0.3) is 0 Å². The van der Waals surface area contributed by atoms with Gasteiger partial charge in [-0.15, -0.1) is 11.3 Å². The fourth-order valence-electron chi connectivity index (χ4n) is 3.22. The van der Waals surface area contributed by atoms with Crippen molar-refractivity contribution in [3.8, 4) is 16.5 Å². The standard InChI is InChI=1S/C18H19N3O2S/c1-22-14-8-6-13(7-9-14)15-4-2-10-21(15)12-17-19-18(20-23-17)16-5-3-11-24-16/h3,5-9,11,15H,2,4,10,12H2,1H3. The maximum absolute atomic E-state index is 5.45. The highest BCUT2D eigenvalue weighted by Crippen LogP contribution is 2.34. The second kappa shape index (κ2) is 6.75. The molecule has 0 saturated carbocycles. The SMILES string of the molecule is COc1ccc(C2CCCN2Cc2nc(-c3cccs3)no2)cc1. The molecule has 4 rings (SSSR count). The number of methoxy groups -OCH3 is 1. The Hall–Kier alpha value is -2.18. The van der Waals surface area contributed by atoms with E-state index in [4.69, 9.17) is 9.26 Å². The number of benzene rings is 1. The summed E-state index contributed by atoms with van der Waals surface area (Å²) in [6.07, 6.45) is 2.33. The summed E-state index contributed by atoms with van der Waals surface area (Å²) in [6, 6.07) is 12.7. The summed E-state index contributed by atoms with van der Waals surface area (Å²) in [7, 11) is 1.69. The molecule has 0 aliphatic carbocycles. The monoisotopic (exact) mass is 341 g/mol. The highest BCUT2D eigenvalue weighted by Gasteiger charge is 2.27. The molecule has 3 aromatic rings. The Labute approximate surface area is 144 Å². The van der Waals surface area contributed by atoms with E-state index in [9.17, 15) is 0 Å². The van der Waals surface area contributed by atoms with Crippen molar-refractivity contribution in [2.45, 2.75) is 25.4 Å². The van der Waals surface area contributed by atoms with E-state index in [2.05, 4.69) is 27.2 Å². The number of ether oxygens (including phenoxy) is 1. The highest BCUT2D eigenvalue weighted by molar-refractivity contribution is 7.13. The normalized spacial score (nSPS) is 18.1. The molecule has 1 atom stereocenters. The number of thiophene rings is 1. The van der Waals surface area contributed by atoms with Crippen LogP contribution in [-0.2, 0) is 6.54 Å². The molecular formula is C18H19N3O2S. The lowest BCUT2D eigenvalue weighted by Crippen LogP contribution is -2.22. The summed E-state index contributed by atoms with van der Waals surface area (Å²) >= 11 is 1.62. The lowest BCUT2D eigenvalue weighted by atomic mass is 10.0. The molecule has 1 fully saturated rings. The molecule has 3 heterocycles. The number of hydrogen-bond acceptors (Lipinski definition) is 6. The topological polar surface area (TPSA) is 51.4 Å². The van der Waals surface area contributed by atoms with Crippen LogP contribution < -0.4 is 4.74 Å². The Bertz CT molecular complexity index is 783. The second-order valence-electron chi connectivity index (χ2n) is 5.89. The molecule has 1 aromatic carbocycles. The van der Waals surface area contributed by atoms with Crippen LogP contribution in [0.4, 0.5) is 0 Å². The molecule has 6 heteroatoms. The fourth-order valence-corrected chi connectivity index (χ4v) is 3.87. The van der Waals surface area contributed by atoms with Gasteiger partial charge in [0.05, 0.1) is 18.5 Å². The average molecular weight is 341 g/mol. The van der Waals surface area contributed by atoms with Gasteiger partial charge >= 0.3 is 0 Å². The maximum Gasteiger partial charge on any atom is 0.241 e. The van der Waals surface area contributed by atoms with Crippen molar-refractivity contribution in [3.63, 3.8) is 0 Å². The average Bonchev–Trinajstić information content (AvgIpc) is 3.37. The number of aromatic nitrogens is 2. The highest BCUT2D eigenvalue weighted by atomic mass is 32.1. The maximum atomic E-state index is 5.45. The number of rotatable bonds is 5. The first kappa shape index (κ1) is 15.4. The minimum Gasteiger partial charge on any atom is -0.497 e. The van der Waals surface area contributed by atoms with Crippen LogP contribution in [0.25, 0.3) is 10.7 Å². The molecule has 1 aliphatic rings. The van der Waals surface area contributed by atoms with Gasteiger partial charge in [-0.25, -0.2) is 0 Å². The van der Waals surface area contributed by atoms with Crippen LogP contribution in [0.1, 0.15) is 30.3 Å². The Morgan fingerprint density at radius 2 is 2.17 bits per heavy atom. The molecule has 0 amide bonds. The molecule has 0 N–H and O–H groups in total. The molecule has 1 unspecified atom stereocenters.